The third-order valence-electron chi connectivity index (χ3n) is 8.79. The molecule has 8 rings (SSSR count). The summed E-state index contributed by atoms with van der Waals surface area (Å²) in [6, 6.07) is 47.8. The van der Waals surface area contributed by atoms with Gasteiger partial charge in [-0.25, -0.2) is 0 Å². The molecule has 0 aliphatic rings. The summed E-state index contributed by atoms with van der Waals surface area (Å²) in [5.74, 6) is -1.21. The molecule has 0 saturated heterocycles. The molecule has 5 aromatic carbocycles. The van der Waals surface area contributed by atoms with Crippen LogP contribution in [0.5, 0.6) is 0 Å². The maximum Gasteiger partial charge on any atom is 0.0799 e. The molecule has 0 saturated carbocycles. The molecule has 1 atom stereocenters. The first-order valence-corrected chi connectivity index (χ1v) is 21.2. The van der Waals surface area contributed by atoms with Crippen molar-refractivity contribution in [3.05, 3.63) is 186 Å². The van der Waals surface area contributed by atoms with Crippen LogP contribution in [0.4, 0.5) is 4.39 Å². The molecule has 3 heterocycles. The summed E-state index contributed by atoms with van der Waals surface area (Å²) < 4.78 is 42.0. The van der Waals surface area contributed by atoms with Crippen LogP contribution in [0, 0.1) is 17.9 Å². The van der Waals surface area contributed by atoms with Gasteiger partial charge in [-0.05, 0) is 67.4 Å². The van der Waals surface area contributed by atoms with Gasteiger partial charge in [0.25, 0.3) is 0 Å². The van der Waals surface area contributed by atoms with Gasteiger partial charge in [-0.2, -0.15) is 11.3 Å². The Hall–Kier alpha value is -4.58. The van der Waals surface area contributed by atoms with E-state index in [1.165, 1.54) is 32.8 Å². The Morgan fingerprint density at radius 2 is 1.52 bits per heavy atom. The van der Waals surface area contributed by atoms with Crippen molar-refractivity contribution >= 4 is 44.8 Å². The van der Waals surface area contributed by atoms with Crippen molar-refractivity contribution in [2.45, 2.75) is 38.8 Å². The molecule has 0 aliphatic heterocycles. The molecular formula is C46H39FIrN2SSi-2. The number of thiophene rings is 1. The molecule has 261 valence electrons. The number of rotatable bonds is 7. The van der Waals surface area contributed by atoms with Crippen LogP contribution in [-0.4, -0.2) is 18.0 Å². The number of benzene rings is 5. The average molecular weight is 894 g/mol. The molecule has 52 heavy (non-hydrogen) atoms. The van der Waals surface area contributed by atoms with Crippen LogP contribution in [0.2, 0.25) is 19.6 Å². The second kappa shape index (κ2) is 16.4. The first-order valence-electron chi connectivity index (χ1n) is 18.4. The summed E-state index contributed by atoms with van der Waals surface area (Å²) in [6.45, 7) is 8.72. The molecular weight excluding hydrogens is 852 g/mol. The second-order valence-electron chi connectivity index (χ2n) is 13.4. The predicted molar refractivity (Wildman–Crippen MR) is 216 cm³/mol. The topological polar surface area (TPSA) is 25.8 Å². The third kappa shape index (κ3) is 8.38. The zero-order valence-electron chi connectivity index (χ0n) is 32.4. The Morgan fingerprint density at radius 1 is 0.788 bits per heavy atom. The summed E-state index contributed by atoms with van der Waals surface area (Å²) in [5.41, 5.74) is 6.26. The molecule has 1 unspecified atom stereocenters. The fraction of sp³-hybridized carbons (Fsp3) is 0.130. The van der Waals surface area contributed by atoms with E-state index in [4.69, 9.17) is 4.11 Å². The van der Waals surface area contributed by atoms with Gasteiger partial charge in [0.05, 0.1) is 8.07 Å². The Labute approximate surface area is 329 Å². The number of hydrogen-bond donors (Lipinski definition) is 0. The molecule has 1 radical (unpaired) electrons. The SMILES string of the molecule is [2H]C(C)(c1ccccc1)c1cc(-c2[c-]cc(F)cc2)ncc1[Si](C)(C)C.[2H]C([2H])(c1ccccc1)c1ccnc(-c2[c-]ccc3c2sc2ccccc23)c1.[Ir]. The first kappa shape index (κ1) is 33.3. The van der Waals surface area contributed by atoms with E-state index in [0.29, 0.717) is 11.1 Å². The monoisotopic (exact) mass is 894 g/mol. The van der Waals surface area contributed by atoms with E-state index in [-0.39, 0.29) is 25.9 Å². The molecule has 6 heteroatoms. The van der Waals surface area contributed by atoms with Crippen molar-refractivity contribution in [1.29, 1.82) is 0 Å². The summed E-state index contributed by atoms with van der Waals surface area (Å²) in [5, 5.41) is 3.59. The maximum atomic E-state index is 13.2. The predicted octanol–water partition coefficient (Wildman–Crippen LogP) is 11.9. The molecule has 0 amide bonds. The summed E-state index contributed by atoms with van der Waals surface area (Å²) >= 11 is 1.73. The Kier molecular flexibility index (Phi) is 10.5. The van der Waals surface area contributed by atoms with Gasteiger partial charge in [0, 0.05) is 53.0 Å². The zero-order chi connectivity index (χ0) is 38.1. The largest absolute Gasteiger partial charge is 0.305 e. The van der Waals surface area contributed by atoms with Crippen LogP contribution in [0.25, 0.3) is 42.7 Å². The summed E-state index contributed by atoms with van der Waals surface area (Å²) in [6.07, 6.45) is 2.00. The van der Waals surface area contributed by atoms with E-state index >= 15 is 0 Å². The quantitative estimate of drug-likeness (QED) is 0.118. The fourth-order valence-electron chi connectivity index (χ4n) is 6.13. The van der Waals surface area contributed by atoms with Crippen molar-refractivity contribution in [3.63, 3.8) is 0 Å². The minimum absolute atomic E-state index is 0. The Bertz CT molecular complexity index is 2560. The van der Waals surface area contributed by atoms with Crippen molar-refractivity contribution in [2.75, 3.05) is 0 Å². The number of aromatic nitrogens is 2. The summed E-state index contributed by atoms with van der Waals surface area (Å²) in [7, 11) is -1.71. The number of pyridine rings is 2. The molecule has 8 aromatic rings. The molecule has 0 aliphatic carbocycles. The van der Waals surface area contributed by atoms with Gasteiger partial charge < -0.3 is 9.97 Å². The fourth-order valence-corrected chi connectivity index (χ4v) is 8.86. The number of fused-ring (bicyclic) bond motifs is 3. The van der Waals surface area contributed by atoms with Gasteiger partial charge in [-0.3, -0.25) is 4.39 Å². The van der Waals surface area contributed by atoms with Crippen LogP contribution < -0.4 is 5.19 Å². The van der Waals surface area contributed by atoms with E-state index in [1.807, 2.05) is 98.0 Å². The van der Waals surface area contributed by atoms with Crippen molar-refractivity contribution in [2.24, 2.45) is 0 Å². The smallest absolute Gasteiger partial charge is 0.0799 e. The van der Waals surface area contributed by atoms with E-state index in [0.717, 1.165) is 38.3 Å². The number of nitrogens with zero attached hydrogens (tertiary/aromatic N) is 2. The van der Waals surface area contributed by atoms with Gasteiger partial charge in [0.2, 0.25) is 0 Å². The van der Waals surface area contributed by atoms with Gasteiger partial charge in [-0.15, -0.1) is 53.6 Å². The first-order chi connectivity index (χ1) is 25.8. The van der Waals surface area contributed by atoms with E-state index < -0.39 is 20.3 Å². The van der Waals surface area contributed by atoms with E-state index in [2.05, 4.69) is 66.0 Å². The summed E-state index contributed by atoms with van der Waals surface area (Å²) in [4.78, 5) is 9.16. The van der Waals surface area contributed by atoms with E-state index in [1.54, 1.807) is 29.7 Å². The van der Waals surface area contributed by atoms with Gasteiger partial charge in [0.15, 0.2) is 0 Å². The molecule has 3 aromatic heterocycles. The minimum atomic E-state index is -1.71. The number of halogens is 1. The van der Waals surface area contributed by atoms with E-state index in [9.17, 15) is 4.39 Å². The van der Waals surface area contributed by atoms with Gasteiger partial charge >= 0.3 is 0 Å². The van der Waals surface area contributed by atoms with Gasteiger partial charge in [0.1, 0.15) is 0 Å². The number of hydrogen-bond acceptors (Lipinski definition) is 3. The molecule has 0 spiro atoms. The zero-order valence-corrected chi connectivity index (χ0v) is 33.6. The van der Waals surface area contributed by atoms with Crippen molar-refractivity contribution in [1.82, 2.24) is 9.97 Å². The van der Waals surface area contributed by atoms with Crippen LogP contribution in [0.15, 0.2) is 146 Å². The second-order valence-corrected chi connectivity index (χ2v) is 19.5. The van der Waals surface area contributed by atoms with Crippen LogP contribution >= 0.6 is 11.3 Å². The standard InChI is InChI=1S/C24H16NS.C22H23FNSi.Ir/c1-2-7-17(8-3-1)15-18-13-14-25-22(16-18)21-11-6-10-20-19-9-4-5-12-23(19)26-24(20)21;1-16(17-8-6-5-7-9-17)20-14-21(18-10-12-19(23)13-11-18)24-15-22(20)25(2,3)4;/h1-10,12-14,16H,15H2;5-10,12-16H,1-4H3;/q2*-1;/i15D2;16D;. The molecule has 2 nitrogen and oxygen atoms in total. The van der Waals surface area contributed by atoms with Crippen molar-refractivity contribution < 1.29 is 28.6 Å². The Morgan fingerprint density at radius 3 is 2.25 bits per heavy atom. The average Bonchev–Trinajstić information content (AvgIpc) is 3.58. The maximum absolute atomic E-state index is 13.2. The normalized spacial score (nSPS) is 13.5. The molecule has 0 fully saturated rings. The molecule has 0 bridgehead atoms. The van der Waals surface area contributed by atoms with Crippen LogP contribution in [-0.2, 0) is 26.5 Å². The Balaban J connectivity index is 0.000000184. The molecule has 0 N–H and O–H groups in total. The minimum Gasteiger partial charge on any atom is -0.305 e. The van der Waals surface area contributed by atoms with Gasteiger partial charge in [-0.1, -0.05) is 123 Å². The third-order valence-corrected chi connectivity index (χ3v) is 12.0. The van der Waals surface area contributed by atoms with Crippen LogP contribution in [0.3, 0.4) is 0 Å². The van der Waals surface area contributed by atoms with Crippen LogP contribution in [0.1, 0.15) is 39.2 Å². The van der Waals surface area contributed by atoms with Crippen molar-refractivity contribution in [3.8, 4) is 22.5 Å².